The first-order chi connectivity index (χ1) is 13.6. The Morgan fingerprint density at radius 3 is 2.64 bits per heavy atom. The quantitative estimate of drug-likeness (QED) is 0.339. The lowest BCUT2D eigenvalue weighted by Gasteiger charge is -2.16. The number of thioether (sulfide) groups is 1. The molecule has 3 heterocycles. The highest BCUT2D eigenvalue weighted by Gasteiger charge is 2.44. The molecule has 4 rings (SSSR count). The number of aliphatic hydroxyl groups is 3. The summed E-state index contributed by atoms with van der Waals surface area (Å²) in [5.74, 6) is 0.874. The molecule has 3 aromatic rings. The predicted molar refractivity (Wildman–Crippen MR) is 104 cm³/mol. The molecule has 5 N–H and O–H groups in total. The fraction of sp³-hybridized carbons (Fsp3) is 0.389. The van der Waals surface area contributed by atoms with Crippen LogP contribution in [-0.4, -0.2) is 65.5 Å². The van der Waals surface area contributed by atoms with Gasteiger partial charge in [0.05, 0.1) is 12.9 Å². The van der Waals surface area contributed by atoms with Crippen molar-refractivity contribution in [2.75, 3.05) is 18.1 Å². The Bertz CT molecular complexity index is 954. The standard InChI is InChI=1S/C18H21N5O4S/c19-18-21-15-12(16(22-18)28-7-6-10-4-2-1-3-5-10)20-9-23(15)17-14(26)13(25)11(8-24)27-17/h1-5,9,11,13-14,17,24-26H,6-8H2,(H2,19,21,22). The van der Waals surface area contributed by atoms with Crippen LogP contribution in [-0.2, 0) is 11.2 Å². The van der Waals surface area contributed by atoms with Crippen molar-refractivity contribution in [3.05, 3.63) is 42.2 Å². The minimum Gasteiger partial charge on any atom is -0.394 e. The molecule has 28 heavy (non-hydrogen) atoms. The summed E-state index contributed by atoms with van der Waals surface area (Å²) in [4.78, 5) is 12.9. The van der Waals surface area contributed by atoms with Gasteiger partial charge in [0.1, 0.15) is 28.9 Å². The fourth-order valence-electron chi connectivity index (χ4n) is 3.21. The molecule has 0 saturated carbocycles. The van der Waals surface area contributed by atoms with Gasteiger partial charge in [-0.05, 0) is 12.0 Å². The van der Waals surface area contributed by atoms with Crippen LogP contribution in [0.2, 0.25) is 0 Å². The summed E-state index contributed by atoms with van der Waals surface area (Å²) in [6, 6.07) is 10.1. The number of aryl methyl sites for hydroxylation is 1. The van der Waals surface area contributed by atoms with Crippen molar-refractivity contribution >= 4 is 28.9 Å². The lowest BCUT2D eigenvalue weighted by Crippen LogP contribution is -2.33. The van der Waals surface area contributed by atoms with Crippen LogP contribution in [0.3, 0.4) is 0 Å². The molecule has 1 aromatic carbocycles. The van der Waals surface area contributed by atoms with Crippen molar-refractivity contribution < 1.29 is 20.1 Å². The zero-order chi connectivity index (χ0) is 19.7. The minimum absolute atomic E-state index is 0.0863. The largest absolute Gasteiger partial charge is 0.394 e. The Balaban J connectivity index is 1.58. The van der Waals surface area contributed by atoms with E-state index in [4.69, 9.17) is 10.5 Å². The van der Waals surface area contributed by atoms with Crippen LogP contribution in [0.5, 0.6) is 0 Å². The number of anilines is 1. The molecule has 148 valence electrons. The predicted octanol–water partition coefficient (Wildman–Crippen LogP) is 0.355. The highest BCUT2D eigenvalue weighted by atomic mass is 32.2. The van der Waals surface area contributed by atoms with E-state index in [9.17, 15) is 15.3 Å². The first kappa shape index (κ1) is 19.1. The van der Waals surface area contributed by atoms with Crippen molar-refractivity contribution in [1.82, 2.24) is 19.5 Å². The summed E-state index contributed by atoms with van der Waals surface area (Å²) in [7, 11) is 0. The van der Waals surface area contributed by atoms with E-state index in [0.717, 1.165) is 12.2 Å². The molecule has 4 atom stereocenters. The zero-order valence-electron chi connectivity index (χ0n) is 14.9. The monoisotopic (exact) mass is 403 g/mol. The summed E-state index contributed by atoms with van der Waals surface area (Å²) < 4.78 is 7.08. The zero-order valence-corrected chi connectivity index (χ0v) is 15.7. The third-order valence-corrected chi connectivity index (χ3v) is 5.64. The molecule has 1 aliphatic rings. The molecule has 0 spiro atoms. The van der Waals surface area contributed by atoms with Gasteiger partial charge in [0, 0.05) is 5.75 Å². The molecule has 0 amide bonds. The summed E-state index contributed by atoms with van der Waals surface area (Å²) in [5, 5.41) is 30.2. The minimum atomic E-state index is -1.22. The number of aromatic nitrogens is 4. The van der Waals surface area contributed by atoms with Crippen LogP contribution in [0.15, 0.2) is 41.7 Å². The maximum atomic E-state index is 10.3. The lowest BCUT2D eigenvalue weighted by atomic mass is 10.1. The molecule has 0 radical (unpaired) electrons. The van der Waals surface area contributed by atoms with E-state index >= 15 is 0 Å². The Morgan fingerprint density at radius 1 is 1.14 bits per heavy atom. The third-order valence-electron chi connectivity index (χ3n) is 4.67. The van der Waals surface area contributed by atoms with Crippen molar-refractivity contribution in [1.29, 1.82) is 0 Å². The van der Waals surface area contributed by atoms with E-state index in [1.165, 1.54) is 28.2 Å². The number of hydrogen-bond donors (Lipinski definition) is 4. The van der Waals surface area contributed by atoms with Crippen LogP contribution < -0.4 is 5.73 Å². The number of nitrogen functional groups attached to an aromatic ring is 1. The normalized spacial score (nSPS) is 24.8. The average molecular weight is 403 g/mol. The second-order valence-electron chi connectivity index (χ2n) is 6.52. The van der Waals surface area contributed by atoms with Gasteiger partial charge >= 0.3 is 0 Å². The van der Waals surface area contributed by atoms with E-state index in [1.807, 2.05) is 18.2 Å². The van der Waals surface area contributed by atoms with Gasteiger partial charge in [-0.3, -0.25) is 4.57 Å². The van der Waals surface area contributed by atoms with E-state index in [1.54, 1.807) is 0 Å². The number of benzene rings is 1. The Morgan fingerprint density at radius 2 is 1.93 bits per heavy atom. The van der Waals surface area contributed by atoms with Gasteiger partial charge in [-0.2, -0.15) is 4.98 Å². The van der Waals surface area contributed by atoms with Crippen LogP contribution in [0.4, 0.5) is 5.95 Å². The van der Waals surface area contributed by atoms with Gasteiger partial charge in [-0.25, -0.2) is 9.97 Å². The summed E-state index contributed by atoms with van der Waals surface area (Å²) in [6.07, 6.45) is -1.89. The Labute approximate surface area is 165 Å². The third kappa shape index (κ3) is 3.56. The number of imidazole rings is 1. The van der Waals surface area contributed by atoms with Crippen molar-refractivity contribution in [2.45, 2.75) is 36.0 Å². The van der Waals surface area contributed by atoms with Gasteiger partial charge in [0.15, 0.2) is 11.9 Å². The molecular formula is C18H21N5O4S. The second kappa shape index (κ2) is 8.02. The molecule has 1 fully saturated rings. The Kier molecular flexibility index (Phi) is 5.47. The van der Waals surface area contributed by atoms with Crippen LogP contribution >= 0.6 is 11.8 Å². The molecule has 9 nitrogen and oxygen atoms in total. The first-order valence-corrected chi connectivity index (χ1v) is 9.86. The first-order valence-electron chi connectivity index (χ1n) is 8.87. The summed E-state index contributed by atoms with van der Waals surface area (Å²) in [5.41, 5.74) is 8.06. The van der Waals surface area contributed by atoms with Crippen molar-refractivity contribution in [3.8, 4) is 0 Å². The van der Waals surface area contributed by atoms with Crippen LogP contribution in [0, 0.1) is 0 Å². The number of ether oxygens (including phenoxy) is 1. The number of nitrogens with zero attached hydrogens (tertiary/aromatic N) is 4. The molecule has 10 heteroatoms. The van der Waals surface area contributed by atoms with E-state index < -0.39 is 31.1 Å². The van der Waals surface area contributed by atoms with Gasteiger partial charge in [0.2, 0.25) is 5.95 Å². The van der Waals surface area contributed by atoms with Crippen LogP contribution in [0.1, 0.15) is 11.8 Å². The van der Waals surface area contributed by atoms with Gasteiger partial charge < -0.3 is 25.8 Å². The number of nitrogens with two attached hydrogens (primary N) is 1. The average Bonchev–Trinajstić information content (AvgIpc) is 3.24. The number of hydrogen-bond acceptors (Lipinski definition) is 9. The van der Waals surface area contributed by atoms with Gasteiger partial charge in [-0.1, -0.05) is 30.3 Å². The van der Waals surface area contributed by atoms with Gasteiger partial charge in [-0.15, -0.1) is 11.8 Å². The molecule has 2 aromatic heterocycles. The molecule has 1 aliphatic heterocycles. The van der Waals surface area contributed by atoms with E-state index in [-0.39, 0.29) is 5.95 Å². The highest BCUT2D eigenvalue weighted by Crippen LogP contribution is 2.33. The second-order valence-corrected chi connectivity index (χ2v) is 7.61. The molecular weight excluding hydrogens is 382 g/mol. The van der Waals surface area contributed by atoms with Crippen molar-refractivity contribution in [2.24, 2.45) is 0 Å². The maximum absolute atomic E-state index is 10.3. The molecule has 1 saturated heterocycles. The number of fused-ring (bicyclic) bond motifs is 1. The SMILES string of the molecule is Nc1nc(SCCc2ccccc2)c2ncn(C3OC(CO)C(O)C3O)c2n1. The van der Waals surface area contributed by atoms with Crippen molar-refractivity contribution in [3.63, 3.8) is 0 Å². The summed E-state index contributed by atoms with van der Waals surface area (Å²) >= 11 is 1.52. The number of aliphatic hydroxyl groups excluding tert-OH is 3. The molecule has 4 unspecified atom stereocenters. The topological polar surface area (TPSA) is 140 Å². The molecule has 0 aliphatic carbocycles. The van der Waals surface area contributed by atoms with E-state index in [0.29, 0.717) is 16.2 Å². The molecule has 0 bridgehead atoms. The fourth-order valence-corrected chi connectivity index (χ4v) is 4.18. The number of rotatable bonds is 6. The summed E-state index contributed by atoms with van der Waals surface area (Å²) in [6.45, 7) is -0.404. The van der Waals surface area contributed by atoms with Gasteiger partial charge in [0.25, 0.3) is 0 Å². The smallest absolute Gasteiger partial charge is 0.223 e. The van der Waals surface area contributed by atoms with E-state index in [2.05, 4.69) is 27.1 Å². The van der Waals surface area contributed by atoms with Crippen LogP contribution in [0.25, 0.3) is 11.2 Å². The lowest BCUT2D eigenvalue weighted by molar-refractivity contribution is -0.0511. The maximum Gasteiger partial charge on any atom is 0.223 e. The highest BCUT2D eigenvalue weighted by molar-refractivity contribution is 7.99. The Hall–Kier alpha value is -2.24.